The van der Waals surface area contributed by atoms with E-state index in [1.807, 2.05) is 31.2 Å². The van der Waals surface area contributed by atoms with Crippen LogP contribution in [0.25, 0.3) is 16.6 Å². The molecule has 2 heterocycles. The SMILES string of the molecule is Cc1ccnc2nc(C(=O)Oc3ccc4cc(Br)ccc4c3)nn12. The van der Waals surface area contributed by atoms with Crippen LogP contribution in [0.2, 0.25) is 0 Å². The van der Waals surface area contributed by atoms with Gasteiger partial charge < -0.3 is 4.74 Å². The minimum Gasteiger partial charge on any atom is -0.421 e. The normalized spacial score (nSPS) is 11.1. The minimum absolute atomic E-state index is 0.0206. The molecule has 0 unspecified atom stereocenters. The van der Waals surface area contributed by atoms with Gasteiger partial charge in [-0.25, -0.2) is 14.3 Å². The van der Waals surface area contributed by atoms with Crippen LogP contribution in [-0.4, -0.2) is 25.6 Å². The van der Waals surface area contributed by atoms with Crippen molar-refractivity contribution in [2.24, 2.45) is 0 Å². The summed E-state index contributed by atoms with van der Waals surface area (Å²) in [5.74, 6) is 0.174. The topological polar surface area (TPSA) is 69.4 Å². The predicted molar refractivity (Wildman–Crippen MR) is 92.1 cm³/mol. The molecule has 0 aliphatic heterocycles. The van der Waals surface area contributed by atoms with Gasteiger partial charge in [-0.15, -0.1) is 5.10 Å². The predicted octanol–water partition coefficient (Wildman–Crippen LogP) is 3.57. The van der Waals surface area contributed by atoms with Crippen LogP contribution in [0, 0.1) is 6.92 Å². The highest BCUT2D eigenvalue weighted by Gasteiger charge is 2.17. The molecule has 0 aliphatic carbocycles. The molecule has 24 heavy (non-hydrogen) atoms. The molecule has 0 spiro atoms. The van der Waals surface area contributed by atoms with E-state index in [0.29, 0.717) is 11.5 Å². The largest absolute Gasteiger partial charge is 0.421 e. The van der Waals surface area contributed by atoms with Gasteiger partial charge in [-0.3, -0.25) is 0 Å². The number of ether oxygens (including phenoxy) is 1. The lowest BCUT2D eigenvalue weighted by molar-refractivity contribution is 0.0722. The summed E-state index contributed by atoms with van der Waals surface area (Å²) >= 11 is 3.43. The molecule has 2 aromatic heterocycles. The number of aromatic nitrogens is 4. The summed E-state index contributed by atoms with van der Waals surface area (Å²) in [4.78, 5) is 20.5. The van der Waals surface area contributed by atoms with E-state index in [1.54, 1.807) is 24.4 Å². The fourth-order valence-electron chi connectivity index (χ4n) is 2.40. The number of hydrogen-bond donors (Lipinski definition) is 0. The number of rotatable bonds is 2. The highest BCUT2D eigenvalue weighted by Crippen LogP contribution is 2.24. The number of nitrogens with zero attached hydrogens (tertiary/aromatic N) is 4. The maximum absolute atomic E-state index is 12.3. The van der Waals surface area contributed by atoms with Gasteiger partial charge >= 0.3 is 5.97 Å². The van der Waals surface area contributed by atoms with Gasteiger partial charge in [-0.2, -0.15) is 4.98 Å². The van der Waals surface area contributed by atoms with Gasteiger partial charge in [0.1, 0.15) is 5.75 Å². The summed E-state index contributed by atoms with van der Waals surface area (Å²) in [7, 11) is 0. The monoisotopic (exact) mass is 382 g/mol. The van der Waals surface area contributed by atoms with Crippen molar-refractivity contribution in [2.45, 2.75) is 6.92 Å². The molecule has 0 saturated carbocycles. The number of aryl methyl sites for hydroxylation is 1. The van der Waals surface area contributed by atoms with E-state index in [4.69, 9.17) is 4.74 Å². The Morgan fingerprint density at radius 1 is 1.12 bits per heavy atom. The molecule has 0 amide bonds. The van der Waals surface area contributed by atoms with Crippen molar-refractivity contribution in [3.8, 4) is 5.75 Å². The second kappa shape index (κ2) is 5.68. The van der Waals surface area contributed by atoms with E-state index in [9.17, 15) is 4.79 Å². The average Bonchev–Trinajstić information content (AvgIpc) is 3.01. The highest BCUT2D eigenvalue weighted by molar-refractivity contribution is 9.10. The summed E-state index contributed by atoms with van der Waals surface area (Å²) in [6.45, 7) is 1.86. The van der Waals surface area contributed by atoms with E-state index < -0.39 is 5.97 Å². The summed E-state index contributed by atoms with van der Waals surface area (Å²) in [6, 6.07) is 13.1. The Labute approximate surface area is 145 Å². The Morgan fingerprint density at radius 3 is 2.75 bits per heavy atom. The van der Waals surface area contributed by atoms with E-state index in [2.05, 4.69) is 31.0 Å². The summed E-state index contributed by atoms with van der Waals surface area (Å²) in [6.07, 6.45) is 1.62. The van der Waals surface area contributed by atoms with Crippen molar-refractivity contribution in [1.82, 2.24) is 19.6 Å². The first kappa shape index (κ1) is 14.8. The molecule has 2 aromatic carbocycles. The molecule has 6 nitrogen and oxygen atoms in total. The first-order chi connectivity index (χ1) is 11.6. The van der Waals surface area contributed by atoms with Crippen LogP contribution in [0.15, 0.2) is 53.1 Å². The van der Waals surface area contributed by atoms with E-state index >= 15 is 0 Å². The lowest BCUT2D eigenvalue weighted by atomic mass is 10.1. The van der Waals surface area contributed by atoms with Crippen LogP contribution < -0.4 is 4.74 Å². The Morgan fingerprint density at radius 2 is 1.92 bits per heavy atom. The fraction of sp³-hybridized carbons (Fsp3) is 0.0588. The number of hydrogen-bond acceptors (Lipinski definition) is 5. The third-order valence-corrected chi connectivity index (χ3v) is 4.09. The van der Waals surface area contributed by atoms with Crippen molar-refractivity contribution < 1.29 is 9.53 Å². The van der Waals surface area contributed by atoms with E-state index in [-0.39, 0.29) is 5.82 Å². The van der Waals surface area contributed by atoms with Crippen LogP contribution in [0.3, 0.4) is 0 Å². The standard InChI is InChI=1S/C17H11BrN4O2/c1-10-6-7-19-17-20-15(21-22(10)17)16(23)24-14-5-3-11-8-13(18)4-2-12(11)9-14/h2-9H,1H3. The lowest BCUT2D eigenvalue weighted by Gasteiger charge is -2.04. The zero-order valence-electron chi connectivity index (χ0n) is 12.6. The molecule has 4 rings (SSSR count). The van der Waals surface area contributed by atoms with Crippen molar-refractivity contribution in [3.63, 3.8) is 0 Å². The zero-order valence-corrected chi connectivity index (χ0v) is 14.2. The number of carbonyl (C=O) groups excluding carboxylic acids is 1. The summed E-state index contributed by atoms with van der Waals surface area (Å²) < 4.78 is 7.90. The van der Waals surface area contributed by atoms with Gasteiger partial charge in [-0.1, -0.05) is 28.1 Å². The molecule has 118 valence electrons. The molecular formula is C17H11BrN4O2. The van der Waals surface area contributed by atoms with Crippen LogP contribution in [0.1, 0.15) is 16.3 Å². The van der Waals surface area contributed by atoms with Crippen LogP contribution in [0.5, 0.6) is 5.75 Å². The molecule has 0 bridgehead atoms. The van der Waals surface area contributed by atoms with Crippen molar-refractivity contribution in [3.05, 3.63) is 64.7 Å². The Hall–Kier alpha value is -2.80. The van der Waals surface area contributed by atoms with Crippen LogP contribution in [-0.2, 0) is 0 Å². The summed E-state index contributed by atoms with van der Waals surface area (Å²) in [5, 5.41) is 6.17. The lowest BCUT2D eigenvalue weighted by Crippen LogP contribution is -2.11. The van der Waals surface area contributed by atoms with Gasteiger partial charge in [0.2, 0.25) is 0 Å². The molecule has 0 N–H and O–H groups in total. The quantitative estimate of drug-likeness (QED) is 0.391. The van der Waals surface area contributed by atoms with E-state index in [1.165, 1.54) is 4.52 Å². The number of benzene rings is 2. The third-order valence-electron chi connectivity index (χ3n) is 3.60. The van der Waals surface area contributed by atoms with E-state index in [0.717, 1.165) is 20.9 Å². The maximum atomic E-state index is 12.3. The maximum Gasteiger partial charge on any atom is 0.383 e. The first-order valence-electron chi connectivity index (χ1n) is 7.20. The Bertz CT molecular complexity index is 1090. The molecule has 0 saturated heterocycles. The van der Waals surface area contributed by atoms with Crippen LogP contribution >= 0.6 is 15.9 Å². The van der Waals surface area contributed by atoms with Gasteiger partial charge in [0.15, 0.2) is 0 Å². The van der Waals surface area contributed by atoms with Gasteiger partial charge in [-0.05, 0) is 48.0 Å². The fourth-order valence-corrected chi connectivity index (χ4v) is 2.78. The average molecular weight is 383 g/mol. The molecule has 7 heteroatoms. The first-order valence-corrected chi connectivity index (χ1v) is 7.99. The molecule has 0 fully saturated rings. The number of fused-ring (bicyclic) bond motifs is 2. The number of carbonyl (C=O) groups is 1. The van der Waals surface area contributed by atoms with Crippen molar-refractivity contribution >= 4 is 38.4 Å². The number of esters is 1. The van der Waals surface area contributed by atoms with Gasteiger partial charge in [0, 0.05) is 16.4 Å². The highest BCUT2D eigenvalue weighted by atomic mass is 79.9. The van der Waals surface area contributed by atoms with Gasteiger partial charge in [0.05, 0.1) is 0 Å². The Kier molecular flexibility index (Phi) is 3.50. The molecule has 0 atom stereocenters. The smallest absolute Gasteiger partial charge is 0.383 e. The zero-order chi connectivity index (χ0) is 16.7. The van der Waals surface area contributed by atoms with Gasteiger partial charge in [0.25, 0.3) is 11.6 Å². The number of halogens is 1. The second-order valence-corrected chi connectivity index (χ2v) is 6.19. The van der Waals surface area contributed by atoms with Crippen molar-refractivity contribution in [2.75, 3.05) is 0 Å². The molecule has 0 radical (unpaired) electrons. The molecule has 4 aromatic rings. The minimum atomic E-state index is -0.614. The third kappa shape index (κ3) is 2.63. The van der Waals surface area contributed by atoms with Crippen molar-refractivity contribution in [1.29, 1.82) is 0 Å². The molecular weight excluding hydrogens is 372 g/mol. The van der Waals surface area contributed by atoms with Crippen LogP contribution in [0.4, 0.5) is 0 Å². The summed E-state index contributed by atoms with van der Waals surface area (Å²) in [5.41, 5.74) is 0.836. The second-order valence-electron chi connectivity index (χ2n) is 5.28. The molecule has 0 aliphatic rings. The Balaban J connectivity index is 1.65.